The Balaban J connectivity index is 2.06. The van der Waals surface area contributed by atoms with E-state index in [1.54, 1.807) is 24.3 Å². The molecule has 0 aliphatic rings. The highest BCUT2D eigenvalue weighted by molar-refractivity contribution is 7.90. The topological polar surface area (TPSA) is 111 Å². The van der Waals surface area contributed by atoms with E-state index in [4.69, 9.17) is 9.15 Å². The molecule has 1 N–H and O–H groups in total. The van der Waals surface area contributed by atoms with Gasteiger partial charge in [-0.3, -0.25) is 4.79 Å². The lowest BCUT2D eigenvalue weighted by molar-refractivity contribution is 0.0943. The molecule has 0 saturated heterocycles. The van der Waals surface area contributed by atoms with Crippen molar-refractivity contribution in [2.24, 2.45) is 0 Å². The van der Waals surface area contributed by atoms with Crippen molar-refractivity contribution in [2.45, 2.75) is 11.8 Å². The molecule has 1 amide bonds. The van der Waals surface area contributed by atoms with Crippen molar-refractivity contribution in [3.63, 3.8) is 0 Å². The molecular formula is C12H13N3O5S. The summed E-state index contributed by atoms with van der Waals surface area (Å²) in [5, 5.41) is 9.00. The number of para-hydroxylation sites is 1. The van der Waals surface area contributed by atoms with E-state index < -0.39 is 21.0 Å². The third kappa shape index (κ3) is 3.57. The van der Waals surface area contributed by atoms with Crippen LogP contribution >= 0.6 is 0 Å². The van der Waals surface area contributed by atoms with Crippen molar-refractivity contribution < 1.29 is 22.4 Å². The Kier molecular flexibility index (Phi) is 4.22. The van der Waals surface area contributed by atoms with E-state index in [0.29, 0.717) is 11.3 Å². The number of methoxy groups -OCH3 is 1. The number of ether oxygens (including phenoxy) is 1. The van der Waals surface area contributed by atoms with Crippen LogP contribution in [-0.4, -0.2) is 37.9 Å². The van der Waals surface area contributed by atoms with Gasteiger partial charge in [0.15, 0.2) is 0 Å². The van der Waals surface area contributed by atoms with Crippen LogP contribution in [0.15, 0.2) is 33.9 Å². The van der Waals surface area contributed by atoms with Crippen LogP contribution in [0.1, 0.15) is 16.2 Å². The van der Waals surface area contributed by atoms with Crippen molar-refractivity contribution >= 4 is 15.7 Å². The number of aromatic nitrogens is 2. The van der Waals surface area contributed by atoms with Crippen molar-refractivity contribution in [3.05, 3.63) is 35.7 Å². The first-order valence-corrected chi connectivity index (χ1v) is 7.74. The third-order valence-corrected chi connectivity index (χ3v) is 3.32. The zero-order valence-corrected chi connectivity index (χ0v) is 12.2. The van der Waals surface area contributed by atoms with Crippen LogP contribution in [0, 0.1) is 0 Å². The van der Waals surface area contributed by atoms with Crippen molar-refractivity contribution in [3.8, 4) is 5.75 Å². The number of sulfone groups is 1. The first kappa shape index (κ1) is 15.0. The number of nitrogens with one attached hydrogen (secondary N) is 1. The highest BCUT2D eigenvalue weighted by Gasteiger charge is 2.17. The van der Waals surface area contributed by atoms with Gasteiger partial charge in [-0.1, -0.05) is 17.2 Å². The molecule has 0 bridgehead atoms. The largest absolute Gasteiger partial charge is 0.496 e. The van der Waals surface area contributed by atoms with Gasteiger partial charge < -0.3 is 14.5 Å². The second kappa shape index (κ2) is 5.92. The van der Waals surface area contributed by atoms with E-state index in [0.717, 1.165) is 6.26 Å². The normalized spacial score (nSPS) is 11.1. The lowest BCUT2D eigenvalue weighted by atomic mass is 10.2. The van der Waals surface area contributed by atoms with Crippen LogP contribution in [0.2, 0.25) is 0 Å². The molecule has 21 heavy (non-hydrogen) atoms. The number of carbonyl (C=O) groups excluding carboxylic acids is 1. The first-order valence-electron chi connectivity index (χ1n) is 5.85. The SMILES string of the molecule is COc1ccccc1C(=O)NCc1nnc(S(C)(=O)=O)o1. The van der Waals surface area contributed by atoms with Gasteiger partial charge in [0, 0.05) is 6.26 Å². The summed E-state index contributed by atoms with van der Waals surface area (Å²) in [5.74, 6) is 0.0302. The van der Waals surface area contributed by atoms with Gasteiger partial charge in [0.1, 0.15) is 5.75 Å². The van der Waals surface area contributed by atoms with E-state index in [1.807, 2.05) is 0 Å². The van der Waals surface area contributed by atoms with Crippen molar-refractivity contribution in [1.82, 2.24) is 15.5 Å². The summed E-state index contributed by atoms with van der Waals surface area (Å²) in [4.78, 5) is 12.0. The lowest BCUT2D eigenvalue weighted by Gasteiger charge is -2.07. The van der Waals surface area contributed by atoms with Gasteiger partial charge in [0.25, 0.3) is 5.91 Å². The molecule has 0 atom stereocenters. The van der Waals surface area contributed by atoms with Crippen LogP contribution in [0.3, 0.4) is 0 Å². The summed E-state index contributed by atoms with van der Waals surface area (Å²) in [7, 11) is -2.10. The number of amides is 1. The van der Waals surface area contributed by atoms with Gasteiger partial charge >= 0.3 is 5.22 Å². The molecule has 0 aliphatic carbocycles. The second-order valence-corrected chi connectivity index (χ2v) is 6.01. The highest BCUT2D eigenvalue weighted by atomic mass is 32.2. The summed E-state index contributed by atoms with van der Waals surface area (Å²) in [6.07, 6.45) is 0.956. The molecule has 0 fully saturated rings. The van der Waals surface area contributed by atoms with Crippen molar-refractivity contribution in [2.75, 3.05) is 13.4 Å². The van der Waals surface area contributed by atoms with E-state index in [-0.39, 0.29) is 12.4 Å². The summed E-state index contributed by atoms with van der Waals surface area (Å²) in [6.45, 7) is -0.0839. The summed E-state index contributed by atoms with van der Waals surface area (Å²) in [5.41, 5.74) is 0.350. The number of carbonyl (C=O) groups is 1. The van der Waals surface area contributed by atoms with Crippen LogP contribution in [0.25, 0.3) is 0 Å². The zero-order valence-electron chi connectivity index (χ0n) is 11.4. The predicted octanol–water partition coefficient (Wildman–Crippen LogP) is 0.412. The molecule has 0 spiro atoms. The number of hydrogen-bond acceptors (Lipinski definition) is 7. The molecule has 112 valence electrons. The minimum Gasteiger partial charge on any atom is -0.496 e. The summed E-state index contributed by atoms with van der Waals surface area (Å²) >= 11 is 0. The molecule has 9 heteroatoms. The third-order valence-electron chi connectivity index (χ3n) is 2.52. The molecule has 0 aliphatic heterocycles. The number of benzene rings is 1. The molecule has 1 aromatic heterocycles. The van der Waals surface area contributed by atoms with E-state index in [2.05, 4.69) is 15.5 Å². The number of nitrogens with zero attached hydrogens (tertiary/aromatic N) is 2. The average Bonchev–Trinajstić information content (AvgIpc) is 2.93. The van der Waals surface area contributed by atoms with Gasteiger partial charge in [-0.25, -0.2) is 8.42 Å². The summed E-state index contributed by atoms with van der Waals surface area (Å²) in [6, 6.07) is 6.70. The van der Waals surface area contributed by atoms with Crippen LogP contribution < -0.4 is 10.1 Å². The molecule has 0 saturated carbocycles. The highest BCUT2D eigenvalue weighted by Crippen LogP contribution is 2.17. The first-order chi connectivity index (χ1) is 9.91. The standard InChI is InChI=1S/C12H13N3O5S/c1-19-9-6-4-3-5-8(9)11(16)13-7-10-14-15-12(20-10)21(2,17)18/h3-6H,7H2,1-2H3,(H,13,16). The quantitative estimate of drug-likeness (QED) is 0.851. The van der Waals surface area contributed by atoms with Gasteiger partial charge in [-0.2, -0.15) is 0 Å². The second-order valence-electron chi connectivity index (χ2n) is 4.12. The number of hydrogen-bond donors (Lipinski definition) is 1. The van der Waals surface area contributed by atoms with Gasteiger partial charge in [0.2, 0.25) is 15.7 Å². The predicted molar refractivity (Wildman–Crippen MR) is 71.6 cm³/mol. The van der Waals surface area contributed by atoms with Gasteiger partial charge in [0.05, 0.1) is 19.2 Å². The molecule has 1 aromatic carbocycles. The van der Waals surface area contributed by atoms with Crippen molar-refractivity contribution in [1.29, 1.82) is 0 Å². The van der Waals surface area contributed by atoms with E-state index >= 15 is 0 Å². The Bertz CT molecular complexity index is 754. The van der Waals surface area contributed by atoms with Gasteiger partial charge in [-0.05, 0) is 12.1 Å². The minimum atomic E-state index is -3.56. The maximum atomic E-state index is 12.0. The lowest BCUT2D eigenvalue weighted by Crippen LogP contribution is -2.23. The fourth-order valence-corrected chi connectivity index (χ4v) is 1.98. The molecule has 8 nitrogen and oxygen atoms in total. The van der Waals surface area contributed by atoms with Crippen LogP contribution in [0.4, 0.5) is 0 Å². The maximum absolute atomic E-state index is 12.0. The zero-order chi connectivity index (χ0) is 15.5. The monoisotopic (exact) mass is 311 g/mol. The van der Waals surface area contributed by atoms with Crippen LogP contribution in [-0.2, 0) is 16.4 Å². The Hall–Kier alpha value is -2.42. The smallest absolute Gasteiger partial charge is 0.335 e. The van der Waals surface area contributed by atoms with Crippen LogP contribution in [0.5, 0.6) is 5.75 Å². The molecular weight excluding hydrogens is 298 g/mol. The molecule has 0 unspecified atom stereocenters. The number of rotatable bonds is 5. The molecule has 1 heterocycles. The molecule has 2 rings (SSSR count). The Morgan fingerprint density at radius 2 is 2.05 bits per heavy atom. The Morgan fingerprint density at radius 1 is 1.33 bits per heavy atom. The van der Waals surface area contributed by atoms with E-state index in [9.17, 15) is 13.2 Å². The minimum absolute atomic E-state index is 0.00123. The van der Waals surface area contributed by atoms with E-state index in [1.165, 1.54) is 7.11 Å². The molecule has 2 aromatic rings. The summed E-state index contributed by atoms with van der Waals surface area (Å²) < 4.78 is 32.4. The Labute approximate surface area is 121 Å². The Morgan fingerprint density at radius 3 is 2.67 bits per heavy atom. The van der Waals surface area contributed by atoms with Gasteiger partial charge in [-0.15, -0.1) is 5.10 Å². The maximum Gasteiger partial charge on any atom is 0.335 e. The fraction of sp³-hybridized carbons (Fsp3) is 0.250. The molecule has 0 radical (unpaired) electrons. The fourth-order valence-electron chi connectivity index (χ4n) is 1.54. The average molecular weight is 311 g/mol.